The highest BCUT2D eigenvalue weighted by molar-refractivity contribution is 5.85. The van der Waals surface area contributed by atoms with E-state index < -0.39 is 0 Å². The molecule has 4 nitrogen and oxygen atoms in total. The first-order chi connectivity index (χ1) is 13.4. The van der Waals surface area contributed by atoms with Gasteiger partial charge in [0, 0.05) is 13.5 Å². The van der Waals surface area contributed by atoms with E-state index in [1.807, 2.05) is 24.3 Å². The Hall–Kier alpha value is -1.65. The van der Waals surface area contributed by atoms with Crippen molar-refractivity contribution in [3.63, 3.8) is 0 Å². The fourth-order valence-corrected chi connectivity index (χ4v) is 3.99. The van der Waals surface area contributed by atoms with E-state index in [0.29, 0.717) is 18.9 Å². The number of allylic oxidation sites excluding steroid dienone is 1. The van der Waals surface area contributed by atoms with E-state index >= 15 is 0 Å². The van der Waals surface area contributed by atoms with E-state index in [-0.39, 0.29) is 29.8 Å². The molecule has 2 rings (SSSR count). The molecule has 1 aromatic rings. The molecule has 4 heteroatoms. The first-order valence-corrected chi connectivity index (χ1v) is 10.3. The molecule has 0 amide bonds. The number of ketones is 1. The lowest BCUT2D eigenvalue weighted by molar-refractivity contribution is -0.152. The van der Waals surface area contributed by atoms with Gasteiger partial charge in [-0.05, 0) is 49.3 Å². The van der Waals surface area contributed by atoms with Crippen LogP contribution >= 0.6 is 0 Å². The summed E-state index contributed by atoms with van der Waals surface area (Å²) in [5.74, 6) is 1.67. The SMILES string of the molecule is COc1ccc(CO[C@H]2[C@@H](OC)[C@H](/C(C)=C/CCC(C)C)C(=O)C[C@@H]2C)cc1. The van der Waals surface area contributed by atoms with Gasteiger partial charge in [0.25, 0.3) is 0 Å². The Kier molecular flexibility index (Phi) is 8.71. The van der Waals surface area contributed by atoms with Gasteiger partial charge in [-0.25, -0.2) is 0 Å². The number of Topliss-reactive ketones (excluding diaryl/α,β-unsaturated/α-hetero) is 1. The maximum Gasteiger partial charge on any atom is 0.143 e. The fraction of sp³-hybridized carbons (Fsp3) is 0.625. The number of methoxy groups -OCH3 is 2. The monoisotopic (exact) mass is 388 g/mol. The largest absolute Gasteiger partial charge is 0.497 e. The second kappa shape index (κ2) is 10.8. The second-order valence-corrected chi connectivity index (χ2v) is 8.37. The van der Waals surface area contributed by atoms with Gasteiger partial charge in [-0.3, -0.25) is 4.79 Å². The van der Waals surface area contributed by atoms with Gasteiger partial charge in [0.15, 0.2) is 0 Å². The highest BCUT2D eigenvalue weighted by atomic mass is 16.5. The van der Waals surface area contributed by atoms with Crippen LogP contribution in [0.5, 0.6) is 5.75 Å². The van der Waals surface area contributed by atoms with Crippen molar-refractivity contribution in [3.05, 3.63) is 41.5 Å². The molecule has 0 aromatic heterocycles. The Balaban J connectivity index is 2.10. The zero-order chi connectivity index (χ0) is 20.7. The summed E-state index contributed by atoms with van der Waals surface area (Å²) in [5.41, 5.74) is 2.20. The van der Waals surface area contributed by atoms with Crippen LogP contribution in [0.3, 0.4) is 0 Å². The van der Waals surface area contributed by atoms with Gasteiger partial charge in [0.1, 0.15) is 11.5 Å². The summed E-state index contributed by atoms with van der Waals surface area (Å²) in [6.07, 6.45) is 4.52. The molecule has 4 atom stereocenters. The van der Waals surface area contributed by atoms with Gasteiger partial charge in [0.2, 0.25) is 0 Å². The molecule has 1 saturated carbocycles. The Morgan fingerprint density at radius 1 is 1.18 bits per heavy atom. The Bertz CT molecular complexity index is 647. The molecule has 28 heavy (non-hydrogen) atoms. The fourth-order valence-electron chi connectivity index (χ4n) is 3.99. The van der Waals surface area contributed by atoms with Crippen LogP contribution in [-0.2, 0) is 20.9 Å². The highest BCUT2D eigenvalue weighted by Gasteiger charge is 2.44. The number of carbonyl (C=O) groups is 1. The van der Waals surface area contributed by atoms with E-state index in [2.05, 4.69) is 33.8 Å². The van der Waals surface area contributed by atoms with Gasteiger partial charge in [-0.2, -0.15) is 0 Å². The van der Waals surface area contributed by atoms with Gasteiger partial charge < -0.3 is 14.2 Å². The first-order valence-electron chi connectivity index (χ1n) is 10.3. The third kappa shape index (κ3) is 5.92. The van der Waals surface area contributed by atoms with Gasteiger partial charge in [-0.1, -0.05) is 44.6 Å². The van der Waals surface area contributed by atoms with Gasteiger partial charge >= 0.3 is 0 Å². The second-order valence-electron chi connectivity index (χ2n) is 8.37. The third-order valence-electron chi connectivity index (χ3n) is 5.66. The average molecular weight is 389 g/mol. The Labute approximate surface area is 170 Å². The molecule has 0 unspecified atom stereocenters. The number of ether oxygens (including phenoxy) is 3. The summed E-state index contributed by atoms with van der Waals surface area (Å²) < 4.78 is 17.3. The third-order valence-corrected chi connectivity index (χ3v) is 5.66. The van der Waals surface area contributed by atoms with Crippen LogP contribution in [0.25, 0.3) is 0 Å². The molecule has 0 bridgehead atoms. The average Bonchev–Trinajstić information content (AvgIpc) is 2.66. The van der Waals surface area contributed by atoms with E-state index in [1.54, 1.807) is 14.2 Å². The van der Waals surface area contributed by atoms with Gasteiger partial charge in [0.05, 0.1) is 31.8 Å². The lowest BCUT2D eigenvalue weighted by Crippen LogP contribution is -2.50. The maximum absolute atomic E-state index is 12.8. The van der Waals surface area contributed by atoms with E-state index in [9.17, 15) is 4.79 Å². The van der Waals surface area contributed by atoms with Gasteiger partial charge in [-0.15, -0.1) is 0 Å². The lowest BCUT2D eigenvalue weighted by atomic mass is 9.74. The molecule has 0 heterocycles. The Morgan fingerprint density at radius 3 is 2.43 bits per heavy atom. The van der Waals surface area contributed by atoms with Crippen molar-refractivity contribution >= 4 is 5.78 Å². The maximum atomic E-state index is 12.8. The smallest absolute Gasteiger partial charge is 0.143 e. The summed E-state index contributed by atoms with van der Waals surface area (Å²) in [5, 5.41) is 0. The minimum Gasteiger partial charge on any atom is -0.497 e. The topological polar surface area (TPSA) is 44.8 Å². The molecule has 0 radical (unpaired) electrons. The van der Waals surface area contributed by atoms with E-state index in [1.165, 1.54) is 0 Å². The number of hydrogen-bond donors (Lipinski definition) is 0. The van der Waals surface area contributed by atoms with E-state index in [4.69, 9.17) is 14.2 Å². The van der Waals surface area contributed by atoms with Crippen molar-refractivity contribution in [3.8, 4) is 5.75 Å². The molecular formula is C24H36O4. The molecule has 1 aromatic carbocycles. The van der Waals surface area contributed by atoms with Crippen molar-refractivity contribution in [2.45, 2.75) is 65.8 Å². The standard InChI is InChI=1S/C24H36O4/c1-16(2)8-7-9-17(3)22-21(25)14-18(4)23(24(22)27-6)28-15-19-10-12-20(26-5)13-11-19/h9-13,16,18,22-24H,7-8,14-15H2,1-6H3/b17-9+/t18-,22+,23+,24-/m0/s1. The molecule has 1 aliphatic rings. The quantitative estimate of drug-likeness (QED) is 0.545. The predicted octanol–water partition coefficient (Wildman–Crippen LogP) is 5.20. The molecule has 0 saturated heterocycles. The molecule has 0 N–H and O–H groups in total. The minimum absolute atomic E-state index is 0.108. The lowest BCUT2D eigenvalue weighted by Gasteiger charge is -2.40. The number of benzene rings is 1. The summed E-state index contributed by atoms with van der Waals surface area (Å²) >= 11 is 0. The van der Waals surface area contributed by atoms with Crippen LogP contribution in [0.2, 0.25) is 0 Å². The molecule has 1 fully saturated rings. The zero-order valence-electron chi connectivity index (χ0n) is 18.2. The van der Waals surface area contributed by atoms with Crippen LogP contribution in [-0.4, -0.2) is 32.2 Å². The number of rotatable bonds is 9. The van der Waals surface area contributed by atoms with Crippen LogP contribution < -0.4 is 4.74 Å². The molecule has 156 valence electrons. The molecule has 1 aliphatic carbocycles. The Morgan fingerprint density at radius 2 is 1.86 bits per heavy atom. The first kappa shape index (κ1) is 22.6. The minimum atomic E-state index is -0.246. The summed E-state index contributed by atoms with van der Waals surface area (Å²) in [4.78, 5) is 12.8. The van der Waals surface area contributed by atoms with Crippen molar-refractivity contribution in [2.24, 2.45) is 17.8 Å². The summed E-state index contributed by atoms with van der Waals surface area (Å²) in [6.45, 7) is 9.08. The van der Waals surface area contributed by atoms with Crippen molar-refractivity contribution < 1.29 is 19.0 Å². The molecular weight excluding hydrogens is 352 g/mol. The van der Waals surface area contributed by atoms with Crippen LogP contribution in [0, 0.1) is 17.8 Å². The van der Waals surface area contributed by atoms with Crippen LogP contribution in [0.1, 0.15) is 52.5 Å². The van der Waals surface area contributed by atoms with Crippen LogP contribution in [0.4, 0.5) is 0 Å². The number of hydrogen-bond acceptors (Lipinski definition) is 4. The summed E-state index contributed by atoms with van der Waals surface area (Å²) in [6, 6.07) is 7.89. The van der Waals surface area contributed by atoms with E-state index in [0.717, 1.165) is 29.7 Å². The molecule has 0 spiro atoms. The van der Waals surface area contributed by atoms with Crippen LogP contribution in [0.15, 0.2) is 35.9 Å². The summed E-state index contributed by atoms with van der Waals surface area (Å²) in [7, 11) is 3.35. The van der Waals surface area contributed by atoms with Crippen molar-refractivity contribution in [2.75, 3.05) is 14.2 Å². The van der Waals surface area contributed by atoms with Crippen molar-refractivity contribution in [1.29, 1.82) is 0 Å². The normalized spacial score (nSPS) is 26.0. The molecule has 0 aliphatic heterocycles. The zero-order valence-corrected chi connectivity index (χ0v) is 18.2. The highest BCUT2D eigenvalue weighted by Crippen LogP contribution is 2.35. The number of carbonyl (C=O) groups excluding carboxylic acids is 1. The predicted molar refractivity (Wildman–Crippen MR) is 112 cm³/mol. The van der Waals surface area contributed by atoms with Crippen molar-refractivity contribution in [1.82, 2.24) is 0 Å².